The Morgan fingerprint density at radius 1 is 1.13 bits per heavy atom. The molecule has 0 atom stereocenters. The highest BCUT2D eigenvalue weighted by Gasteiger charge is 2.13. The Balaban J connectivity index is 2.17. The van der Waals surface area contributed by atoms with Crippen LogP contribution in [0.1, 0.15) is 17.3 Å². The third kappa shape index (κ3) is 2.92. The first-order valence-electron chi connectivity index (χ1n) is 6.82. The molecule has 0 aliphatic carbocycles. The Kier molecular flexibility index (Phi) is 4.04. The lowest BCUT2D eigenvalue weighted by molar-refractivity contribution is 0.0998. The van der Waals surface area contributed by atoms with Gasteiger partial charge in [0.1, 0.15) is 11.6 Å². The minimum Gasteiger partial charge on any atom is -0.314 e. The molecule has 3 rings (SSSR count). The number of hydrogen-bond acceptors (Lipinski definition) is 2. The van der Waals surface area contributed by atoms with Crippen molar-refractivity contribution in [3.63, 3.8) is 0 Å². The van der Waals surface area contributed by atoms with Crippen molar-refractivity contribution in [3.05, 3.63) is 64.2 Å². The van der Waals surface area contributed by atoms with E-state index in [1.54, 1.807) is 6.92 Å². The van der Waals surface area contributed by atoms with Gasteiger partial charge in [0.2, 0.25) is 0 Å². The Bertz CT molecular complexity index is 958. The van der Waals surface area contributed by atoms with Crippen molar-refractivity contribution in [2.75, 3.05) is 0 Å². The number of carbonyl (C=O) groups excluding carboxylic acids is 1. The van der Waals surface area contributed by atoms with Crippen LogP contribution in [0.2, 0.25) is 0 Å². The number of carbonyl (C=O) groups is 1. The van der Waals surface area contributed by atoms with Crippen LogP contribution in [0.15, 0.2) is 41.4 Å². The SMILES string of the molecule is CCn1c(=NC(=O)c2ccc(F)cc2)sc2cc(F)cc(F)c21. The van der Waals surface area contributed by atoms with E-state index < -0.39 is 23.4 Å². The Hall–Kier alpha value is -2.41. The molecule has 0 unspecified atom stereocenters. The Morgan fingerprint density at radius 2 is 1.83 bits per heavy atom. The number of nitrogens with zero attached hydrogens (tertiary/aromatic N) is 2. The summed E-state index contributed by atoms with van der Waals surface area (Å²) < 4.78 is 42.1. The van der Waals surface area contributed by atoms with Gasteiger partial charge in [0, 0.05) is 18.2 Å². The van der Waals surface area contributed by atoms with Crippen molar-refractivity contribution in [1.29, 1.82) is 0 Å². The first-order valence-corrected chi connectivity index (χ1v) is 7.64. The molecule has 0 saturated heterocycles. The number of benzene rings is 2. The van der Waals surface area contributed by atoms with Crippen LogP contribution in [-0.2, 0) is 6.54 Å². The molecule has 0 spiro atoms. The third-order valence-electron chi connectivity index (χ3n) is 3.30. The summed E-state index contributed by atoms with van der Waals surface area (Å²) in [5.41, 5.74) is 0.433. The van der Waals surface area contributed by atoms with Gasteiger partial charge in [-0.2, -0.15) is 4.99 Å². The van der Waals surface area contributed by atoms with Gasteiger partial charge in [0.15, 0.2) is 10.6 Å². The molecule has 7 heteroatoms. The summed E-state index contributed by atoms with van der Waals surface area (Å²) in [6.07, 6.45) is 0. The molecule has 23 heavy (non-hydrogen) atoms. The fourth-order valence-electron chi connectivity index (χ4n) is 2.25. The number of thiazole rings is 1. The van der Waals surface area contributed by atoms with E-state index in [0.717, 1.165) is 29.5 Å². The molecule has 1 heterocycles. The first kappa shape index (κ1) is 15.5. The minimum atomic E-state index is -0.700. The summed E-state index contributed by atoms with van der Waals surface area (Å²) >= 11 is 1.02. The van der Waals surface area contributed by atoms with Gasteiger partial charge in [-0.3, -0.25) is 4.79 Å². The van der Waals surface area contributed by atoms with Gasteiger partial charge in [-0.05, 0) is 37.3 Å². The lowest BCUT2D eigenvalue weighted by Gasteiger charge is -2.01. The van der Waals surface area contributed by atoms with Crippen LogP contribution in [0.3, 0.4) is 0 Å². The lowest BCUT2D eigenvalue weighted by atomic mass is 10.2. The monoisotopic (exact) mass is 336 g/mol. The molecule has 0 fully saturated rings. The molecule has 0 bridgehead atoms. The normalized spacial score (nSPS) is 12.1. The predicted molar refractivity (Wildman–Crippen MR) is 81.7 cm³/mol. The highest BCUT2D eigenvalue weighted by atomic mass is 32.1. The van der Waals surface area contributed by atoms with Gasteiger partial charge >= 0.3 is 0 Å². The van der Waals surface area contributed by atoms with Crippen molar-refractivity contribution in [2.24, 2.45) is 4.99 Å². The average molecular weight is 336 g/mol. The van der Waals surface area contributed by atoms with Crippen molar-refractivity contribution in [3.8, 4) is 0 Å². The fourth-order valence-corrected chi connectivity index (χ4v) is 3.38. The number of hydrogen-bond donors (Lipinski definition) is 0. The van der Waals surface area contributed by atoms with Crippen LogP contribution in [0.5, 0.6) is 0 Å². The first-order chi connectivity index (χ1) is 11.0. The number of amides is 1. The maximum absolute atomic E-state index is 14.0. The Morgan fingerprint density at radius 3 is 2.48 bits per heavy atom. The summed E-state index contributed by atoms with van der Waals surface area (Å²) in [4.78, 5) is 16.4. The van der Waals surface area contributed by atoms with Gasteiger partial charge < -0.3 is 4.57 Å². The molecule has 0 aliphatic rings. The molecule has 0 N–H and O–H groups in total. The molecular formula is C16H11F3N2OS. The van der Waals surface area contributed by atoms with Crippen LogP contribution < -0.4 is 4.80 Å². The molecular weight excluding hydrogens is 325 g/mol. The highest BCUT2D eigenvalue weighted by Crippen LogP contribution is 2.22. The third-order valence-corrected chi connectivity index (χ3v) is 4.33. The quantitative estimate of drug-likeness (QED) is 0.699. The van der Waals surface area contributed by atoms with Gasteiger partial charge in [0.05, 0.1) is 10.2 Å². The van der Waals surface area contributed by atoms with E-state index in [2.05, 4.69) is 4.99 Å². The van der Waals surface area contributed by atoms with E-state index in [4.69, 9.17) is 0 Å². The summed E-state index contributed by atoms with van der Waals surface area (Å²) in [7, 11) is 0. The van der Waals surface area contributed by atoms with E-state index in [1.165, 1.54) is 22.8 Å². The number of halogens is 3. The molecule has 0 aliphatic heterocycles. The van der Waals surface area contributed by atoms with Crippen molar-refractivity contribution in [1.82, 2.24) is 4.57 Å². The fraction of sp³-hybridized carbons (Fsp3) is 0.125. The zero-order chi connectivity index (χ0) is 16.6. The van der Waals surface area contributed by atoms with Crippen LogP contribution in [-0.4, -0.2) is 10.5 Å². The minimum absolute atomic E-state index is 0.213. The zero-order valence-corrected chi connectivity index (χ0v) is 12.8. The van der Waals surface area contributed by atoms with E-state index in [1.807, 2.05) is 0 Å². The van der Waals surface area contributed by atoms with Gasteiger partial charge in [-0.15, -0.1) is 0 Å². The topological polar surface area (TPSA) is 34.4 Å². The summed E-state index contributed by atoms with van der Waals surface area (Å²) in [5.74, 6) is -2.41. The number of aryl methyl sites for hydroxylation is 1. The van der Waals surface area contributed by atoms with Crippen LogP contribution in [0.25, 0.3) is 10.2 Å². The van der Waals surface area contributed by atoms with Crippen molar-refractivity contribution in [2.45, 2.75) is 13.5 Å². The van der Waals surface area contributed by atoms with E-state index in [0.29, 0.717) is 11.2 Å². The van der Waals surface area contributed by atoms with E-state index >= 15 is 0 Å². The van der Waals surface area contributed by atoms with Crippen molar-refractivity contribution < 1.29 is 18.0 Å². The number of rotatable bonds is 2. The second-order valence-electron chi connectivity index (χ2n) is 4.79. The largest absolute Gasteiger partial charge is 0.314 e. The summed E-state index contributed by atoms with van der Waals surface area (Å²) in [6.45, 7) is 2.15. The van der Waals surface area contributed by atoms with Crippen LogP contribution >= 0.6 is 11.3 Å². The van der Waals surface area contributed by atoms with Gasteiger partial charge in [-0.1, -0.05) is 11.3 Å². The number of aromatic nitrogens is 1. The molecule has 0 radical (unpaired) electrons. The summed E-state index contributed by atoms with van der Waals surface area (Å²) in [5, 5.41) is 0. The van der Waals surface area contributed by atoms with Crippen LogP contribution in [0, 0.1) is 17.5 Å². The van der Waals surface area contributed by atoms with E-state index in [-0.39, 0.29) is 15.9 Å². The highest BCUT2D eigenvalue weighted by molar-refractivity contribution is 7.16. The average Bonchev–Trinajstić information content (AvgIpc) is 2.85. The predicted octanol–water partition coefficient (Wildman–Crippen LogP) is 3.88. The van der Waals surface area contributed by atoms with Crippen LogP contribution in [0.4, 0.5) is 13.2 Å². The maximum atomic E-state index is 14.0. The van der Waals surface area contributed by atoms with Crippen molar-refractivity contribution >= 4 is 27.5 Å². The standard InChI is InChI=1S/C16H11F3N2OS/c1-2-21-14-12(19)7-11(18)8-13(14)23-16(21)20-15(22)9-3-5-10(17)6-4-9/h3-8H,2H2,1H3. The van der Waals surface area contributed by atoms with Gasteiger partial charge in [-0.25, -0.2) is 13.2 Å². The molecule has 0 saturated carbocycles. The summed E-state index contributed by atoms with van der Waals surface area (Å²) in [6, 6.07) is 6.98. The Labute approximate surface area is 133 Å². The molecule has 1 amide bonds. The second kappa shape index (κ2) is 6.00. The maximum Gasteiger partial charge on any atom is 0.279 e. The lowest BCUT2D eigenvalue weighted by Crippen LogP contribution is -2.16. The zero-order valence-electron chi connectivity index (χ0n) is 12.0. The molecule has 3 aromatic rings. The molecule has 118 valence electrons. The molecule has 3 nitrogen and oxygen atoms in total. The smallest absolute Gasteiger partial charge is 0.279 e. The molecule has 2 aromatic carbocycles. The van der Waals surface area contributed by atoms with E-state index in [9.17, 15) is 18.0 Å². The van der Waals surface area contributed by atoms with Gasteiger partial charge in [0.25, 0.3) is 5.91 Å². The molecule has 1 aromatic heterocycles. The number of fused-ring (bicyclic) bond motifs is 1. The second-order valence-corrected chi connectivity index (χ2v) is 5.80.